The summed E-state index contributed by atoms with van der Waals surface area (Å²) in [5.74, 6) is -0.339. The normalized spacial score (nSPS) is 15.4. The second kappa shape index (κ2) is 5.39. The molecule has 0 saturated heterocycles. The molecule has 2 N–H and O–H groups in total. The van der Waals surface area contributed by atoms with E-state index in [1.807, 2.05) is 0 Å². The molecule has 9 nitrogen and oxygen atoms in total. The molecule has 0 unspecified atom stereocenters. The standard InChI is InChI=1S/C13H15N6O3S/c1-8-16-11(7-18(8)2)23(21,22)19-4-3-9-5-15-13(12(14)20)17-10(9)6-19/h7H,3-4,6H2,1-2H3,(H2,14,20). The molecule has 2 aromatic rings. The Kier molecular flexibility index (Phi) is 3.65. The van der Waals surface area contributed by atoms with Gasteiger partial charge in [0.25, 0.3) is 15.9 Å². The van der Waals surface area contributed by atoms with Crippen molar-refractivity contribution in [3.8, 4) is 0 Å². The van der Waals surface area contributed by atoms with Crippen molar-refractivity contribution >= 4 is 15.9 Å². The number of fused-ring (bicyclic) bond motifs is 1. The molecular formula is C13H15N6O3S. The molecule has 1 aliphatic rings. The van der Waals surface area contributed by atoms with Gasteiger partial charge in [-0.15, -0.1) is 0 Å². The van der Waals surface area contributed by atoms with E-state index in [2.05, 4.69) is 21.1 Å². The van der Waals surface area contributed by atoms with Gasteiger partial charge in [-0.2, -0.15) is 4.31 Å². The van der Waals surface area contributed by atoms with Crippen molar-refractivity contribution in [1.82, 2.24) is 23.8 Å². The molecule has 23 heavy (non-hydrogen) atoms. The maximum Gasteiger partial charge on any atom is 0.286 e. The molecule has 1 amide bonds. The summed E-state index contributed by atoms with van der Waals surface area (Å²) in [5.41, 5.74) is 6.28. The number of amides is 1. The van der Waals surface area contributed by atoms with E-state index in [4.69, 9.17) is 5.73 Å². The SMILES string of the molecule is Cc1nc(S(=O)(=O)N2CCc3[c]nc(C(N)=O)nc3C2)cn1C. The second-order valence-corrected chi connectivity index (χ2v) is 7.16. The third-order valence-electron chi connectivity index (χ3n) is 3.73. The highest BCUT2D eigenvalue weighted by Crippen LogP contribution is 2.23. The van der Waals surface area contributed by atoms with Gasteiger partial charge in [0.15, 0.2) is 5.03 Å². The fourth-order valence-corrected chi connectivity index (χ4v) is 3.74. The summed E-state index contributed by atoms with van der Waals surface area (Å²) in [6.07, 6.45) is 4.60. The molecule has 0 aliphatic carbocycles. The number of sulfonamides is 1. The van der Waals surface area contributed by atoms with E-state index in [1.54, 1.807) is 18.5 Å². The molecule has 0 fully saturated rings. The fourth-order valence-electron chi connectivity index (χ4n) is 2.32. The van der Waals surface area contributed by atoms with Gasteiger partial charge in [-0.05, 0) is 13.3 Å². The Morgan fingerprint density at radius 2 is 2.13 bits per heavy atom. The predicted octanol–water partition coefficient (Wildman–Crippen LogP) is -0.835. The average molecular weight is 335 g/mol. The van der Waals surface area contributed by atoms with Gasteiger partial charge in [0.1, 0.15) is 5.82 Å². The number of hydrogen-bond donors (Lipinski definition) is 1. The average Bonchev–Trinajstić information content (AvgIpc) is 2.86. The highest BCUT2D eigenvalue weighted by Gasteiger charge is 2.31. The van der Waals surface area contributed by atoms with Crippen molar-refractivity contribution in [3.05, 3.63) is 35.3 Å². The van der Waals surface area contributed by atoms with Crippen LogP contribution in [0.15, 0.2) is 11.2 Å². The topological polar surface area (TPSA) is 124 Å². The third kappa shape index (κ3) is 2.70. The number of carbonyl (C=O) groups is 1. The van der Waals surface area contributed by atoms with Crippen LogP contribution in [0.2, 0.25) is 0 Å². The number of nitrogens with zero attached hydrogens (tertiary/aromatic N) is 5. The van der Waals surface area contributed by atoms with Gasteiger partial charge in [-0.3, -0.25) is 4.79 Å². The van der Waals surface area contributed by atoms with E-state index in [9.17, 15) is 13.2 Å². The summed E-state index contributed by atoms with van der Waals surface area (Å²) >= 11 is 0. The molecule has 0 atom stereocenters. The van der Waals surface area contributed by atoms with Crippen LogP contribution in [-0.2, 0) is 30.0 Å². The second-order valence-electron chi connectivity index (χ2n) is 5.27. The van der Waals surface area contributed by atoms with Crippen molar-refractivity contribution in [1.29, 1.82) is 0 Å². The lowest BCUT2D eigenvalue weighted by Gasteiger charge is -2.26. The number of rotatable bonds is 3. The molecule has 121 valence electrons. The van der Waals surface area contributed by atoms with Crippen LogP contribution in [0.25, 0.3) is 0 Å². The van der Waals surface area contributed by atoms with E-state index in [0.29, 0.717) is 23.5 Å². The van der Waals surface area contributed by atoms with E-state index < -0.39 is 15.9 Å². The maximum absolute atomic E-state index is 12.7. The molecule has 0 spiro atoms. The first-order valence-electron chi connectivity index (χ1n) is 6.86. The van der Waals surface area contributed by atoms with Gasteiger partial charge in [0, 0.05) is 25.4 Å². The number of hydrogen-bond acceptors (Lipinski definition) is 6. The first kappa shape index (κ1) is 15.6. The van der Waals surface area contributed by atoms with Crippen molar-refractivity contribution in [2.75, 3.05) is 6.54 Å². The summed E-state index contributed by atoms with van der Waals surface area (Å²) in [5, 5.41) is -0.00545. The van der Waals surface area contributed by atoms with E-state index in [0.717, 1.165) is 0 Å². The number of carbonyl (C=O) groups excluding carboxylic acids is 1. The number of primary amides is 1. The Balaban J connectivity index is 1.94. The molecular weight excluding hydrogens is 320 g/mol. The van der Waals surface area contributed by atoms with Crippen LogP contribution in [0.5, 0.6) is 0 Å². The van der Waals surface area contributed by atoms with Crippen LogP contribution in [0.3, 0.4) is 0 Å². The monoisotopic (exact) mass is 335 g/mol. The van der Waals surface area contributed by atoms with Gasteiger partial charge >= 0.3 is 0 Å². The summed E-state index contributed by atoms with van der Waals surface area (Å²) < 4.78 is 28.3. The van der Waals surface area contributed by atoms with Gasteiger partial charge in [0.05, 0.1) is 18.4 Å². The van der Waals surface area contributed by atoms with E-state index >= 15 is 0 Å². The highest BCUT2D eigenvalue weighted by molar-refractivity contribution is 7.89. The zero-order valence-corrected chi connectivity index (χ0v) is 13.5. The summed E-state index contributed by atoms with van der Waals surface area (Å²) in [7, 11) is -2.00. The minimum Gasteiger partial charge on any atom is -0.363 e. The Labute approximate surface area is 133 Å². The minimum absolute atomic E-state index is 0.00545. The van der Waals surface area contributed by atoms with Crippen LogP contribution in [0.4, 0.5) is 0 Å². The first-order valence-corrected chi connectivity index (χ1v) is 8.30. The Morgan fingerprint density at radius 1 is 1.39 bits per heavy atom. The largest absolute Gasteiger partial charge is 0.363 e. The van der Waals surface area contributed by atoms with Crippen LogP contribution < -0.4 is 5.73 Å². The zero-order chi connectivity index (χ0) is 16.8. The molecule has 0 aromatic carbocycles. The lowest BCUT2D eigenvalue weighted by molar-refractivity contribution is 0.0989. The van der Waals surface area contributed by atoms with Gasteiger partial charge < -0.3 is 10.3 Å². The molecule has 3 heterocycles. The quantitative estimate of drug-likeness (QED) is 0.780. The zero-order valence-electron chi connectivity index (χ0n) is 12.6. The maximum atomic E-state index is 12.7. The summed E-state index contributed by atoms with van der Waals surface area (Å²) in [4.78, 5) is 23.0. The Hall–Kier alpha value is -2.33. The van der Waals surface area contributed by atoms with E-state index in [-0.39, 0.29) is 23.9 Å². The third-order valence-corrected chi connectivity index (χ3v) is 5.45. The lowest BCUT2D eigenvalue weighted by atomic mass is 10.1. The Morgan fingerprint density at radius 3 is 2.74 bits per heavy atom. The number of nitrogens with two attached hydrogens (primary N) is 1. The smallest absolute Gasteiger partial charge is 0.286 e. The first-order chi connectivity index (χ1) is 10.8. The molecule has 1 radical (unpaired) electrons. The Bertz CT molecular complexity index is 870. The molecule has 0 saturated carbocycles. The van der Waals surface area contributed by atoms with Gasteiger partial charge in [0.2, 0.25) is 5.82 Å². The molecule has 10 heteroatoms. The van der Waals surface area contributed by atoms with Crippen LogP contribution in [0, 0.1) is 13.1 Å². The van der Waals surface area contributed by atoms with Gasteiger partial charge in [-0.1, -0.05) is 0 Å². The van der Waals surface area contributed by atoms with Crippen molar-refractivity contribution in [2.45, 2.75) is 24.9 Å². The van der Waals surface area contributed by atoms with Crippen LogP contribution in [-0.4, -0.2) is 44.7 Å². The van der Waals surface area contributed by atoms with Crippen molar-refractivity contribution in [3.63, 3.8) is 0 Å². The lowest BCUT2D eigenvalue weighted by Crippen LogP contribution is -2.37. The van der Waals surface area contributed by atoms with E-state index in [1.165, 1.54) is 10.5 Å². The van der Waals surface area contributed by atoms with Crippen LogP contribution in [0.1, 0.15) is 27.7 Å². The van der Waals surface area contributed by atoms with Crippen LogP contribution >= 0.6 is 0 Å². The minimum atomic E-state index is -3.73. The fraction of sp³-hybridized carbons (Fsp3) is 0.385. The number of aryl methyl sites for hydroxylation is 2. The van der Waals surface area contributed by atoms with Crippen molar-refractivity contribution in [2.24, 2.45) is 12.8 Å². The molecule has 1 aliphatic heterocycles. The number of imidazole rings is 1. The summed E-state index contributed by atoms with van der Waals surface area (Å²) in [6, 6.07) is 0. The molecule has 3 rings (SSSR count). The van der Waals surface area contributed by atoms with Gasteiger partial charge in [-0.25, -0.2) is 23.4 Å². The predicted molar refractivity (Wildman–Crippen MR) is 78.6 cm³/mol. The molecule has 2 aromatic heterocycles. The summed E-state index contributed by atoms with van der Waals surface area (Å²) in [6.45, 7) is 2.04. The highest BCUT2D eigenvalue weighted by atomic mass is 32.2. The number of aromatic nitrogens is 4. The van der Waals surface area contributed by atoms with Crippen molar-refractivity contribution < 1.29 is 13.2 Å². The molecule has 0 bridgehead atoms.